The van der Waals surface area contributed by atoms with Crippen molar-refractivity contribution in [1.29, 1.82) is 0 Å². The number of aromatic nitrogens is 1. The third kappa shape index (κ3) is 1.99. The molecule has 1 aromatic carbocycles. The van der Waals surface area contributed by atoms with Gasteiger partial charge in [0.2, 0.25) is 0 Å². The van der Waals surface area contributed by atoms with Gasteiger partial charge in [-0.2, -0.15) is 0 Å². The van der Waals surface area contributed by atoms with Gasteiger partial charge in [0.15, 0.2) is 0 Å². The molecular weight excluding hydrogens is 198 g/mol. The lowest BCUT2D eigenvalue weighted by Gasteiger charge is -2.10. The first-order valence-corrected chi connectivity index (χ1v) is 5.62. The van der Waals surface area contributed by atoms with E-state index >= 15 is 0 Å². The number of pyridine rings is 1. The highest BCUT2D eigenvalue weighted by atomic mass is 15.0. The van der Waals surface area contributed by atoms with E-state index in [9.17, 15) is 0 Å². The number of hydrogen-bond acceptors (Lipinski definition) is 3. The van der Waals surface area contributed by atoms with Crippen LogP contribution in [0.25, 0.3) is 10.8 Å². The van der Waals surface area contributed by atoms with E-state index in [-0.39, 0.29) is 0 Å². The fourth-order valence-corrected chi connectivity index (χ4v) is 1.89. The highest BCUT2D eigenvalue weighted by Gasteiger charge is 2.05. The molecule has 1 aromatic heterocycles. The molecule has 0 bridgehead atoms. The third-order valence-electron chi connectivity index (χ3n) is 2.59. The fraction of sp³-hybridized carbons (Fsp3) is 0.308. The average Bonchev–Trinajstić information content (AvgIpc) is 2.33. The van der Waals surface area contributed by atoms with Crippen molar-refractivity contribution < 1.29 is 0 Å². The fourth-order valence-electron chi connectivity index (χ4n) is 1.89. The molecule has 0 saturated heterocycles. The van der Waals surface area contributed by atoms with Crippen molar-refractivity contribution in [2.45, 2.75) is 13.5 Å². The molecule has 3 nitrogen and oxygen atoms in total. The van der Waals surface area contributed by atoms with Gasteiger partial charge in [-0.05, 0) is 24.9 Å². The molecule has 2 N–H and O–H groups in total. The standard InChI is InChI=1S/C13H17N3/c1-3-15-13-12-7-5-4-6-11(12)10(8-14-2)9-16-13/h4-7,9,14H,3,8H2,1-2H3,(H,15,16). The summed E-state index contributed by atoms with van der Waals surface area (Å²) in [5.41, 5.74) is 1.24. The summed E-state index contributed by atoms with van der Waals surface area (Å²) in [6.45, 7) is 3.82. The quantitative estimate of drug-likeness (QED) is 0.822. The molecule has 0 fully saturated rings. The minimum Gasteiger partial charge on any atom is -0.370 e. The number of fused-ring (bicyclic) bond motifs is 1. The Morgan fingerprint density at radius 3 is 2.62 bits per heavy atom. The molecule has 16 heavy (non-hydrogen) atoms. The maximum Gasteiger partial charge on any atom is 0.133 e. The minimum atomic E-state index is 0.847. The molecule has 0 radical (unpaired) electrons. The second kappa shape index (κ2) is 4.94. The zero-order valence-corrected chi connectivity index (χ0v) is 9.75. The van der Waals surface area contributed by atoms with Crippen LogP contribution in [0.2, 0.25) is 0 Å². The molecule has 0 spiro atoms. The lowest BCUT2D eigenvalue weighted by atomic mass is 10.1. The summed E-state index contributed by atoms with van der Waals surface area (Å²) in [6.07, 6.45) is 1.94. The number of nitrogens with one attached hydrogen (secondary N) is 2. The SMILES string of the molecule is CCNc1ncc(CNC)c2ccccc12. The van der Waals surface area contributed by atoms with Crippen molar-refractivity contribution in [2.75, 3.05) is 18.9 Å². The topological polar surface area (TPSA) is 37.0 Å². The summed E-state index contributed by atoms with van der Waals surface area (Å²) in [6, 6.07) is 8.37. The van der Waals surface area contributed by atoms with E-state index in [2.05, 4.69) is 40.7 Å². The first-order valence-electron chi connectivity index (χ1n) is 5.62. The molecule has 3 heteroatoms. The Hall–Kier alpha value is -1.61. The molecular formula is C13H17N3. The van der Waals surface area contributed by atoms with Gasteiger partial charge in [-0.3, -0.25) is 0 Å². The minimum absolute atomic E-state index is 0.847. The van der Waals surface area contributed by atoms with Gasteiger partial charge in [0, 0.05) is 24.7 Å². The molecule has 2 rings (SSSR count). The maximum atomic E-state index is 4.46. The summed E-state index contributed by atoms with van der Waals surface area (Å²) in [7, 11) is 1.95. The Kier molecular flexibility index (Phi) is 3.37. The van der Waals surface area contributed by atoms with Gasteiger partial charge in [-0.1, -0.05) is 24.3 Å². The van der Waals surface area contributed by atoms with Crippen molar-refractivity contribution in [3.8, 4) is 0 Å². The van der Waals surface area contributed by atoms with Crippen LogP contribution in [-0.4, -0.2) is 18.6 Å². The number of rotatable bonds is 4. The van der Waals surface area contributed by atoms with Gasteiger partial charge < -0.3 is 10.6 Å². The Morgan fingerprint density at radius 2 is 1.94 bits per heavy atom. The third-order valence-corrected chi connectivity index (χ3v) is 2.59. The number of nitrogens with zero attached hydrogens (tertiary/aromatic N) is 1. The number of anilines is 1. The predicted molar refractivity (Wildman–Crippen MR) is 68.7 cm³/mol. The number of benzene rings is 1. The molecule has 0 saturated carbocycles. The van der Waals surface area contributed by atoms with Crippen LogP contribution in [0.15, 0.2) is 30.5 Å². The first kappa shape index (κ1) is 10.9. The van der Waals surface area contributed by atoms with Crippen LogP contribution >= 0.6 is 0 Å². The second-order valence-corrected chi connectivity index (χ2v) is 3.74. The Labute approximate surface area is 95.9 Å². The van der Waals surface area contributed by atoms with Crippen LogP contribution in [0.5, 0.6) is 0 Å². The van der Waals surface area contributed by atoms with E-state index < -0.39 is 0 Å². The summed E-state index contributed by atoms with van der Waals surface area (Å²) >= 11 is 0. The molecule has 0 atom stereocenters. The van der Waals surface area contributed by atoms with Crippen molar-refractivity contribution >= 4 is 16.6 Å². The predicted octanol–water partition coefficient (Wildman–Crippen LogP) is 2.39. The van der Waals surface area contributed by atoms with E-state index in [1.54, 1.807) is 0 Å². The average molecular weight is 215 g/mol. The molecule has 0 unspecified atom stereocenters. The normalized spacial score (nSPS) is 10.6. The Balaban J connectivity index is 2.57. The summed E-state index contributed by atoms with van der Waals surface area (Å²) in [4.78, 5) is 4.46. The van der Waals surface area contributed by atoms with Crippen molar-refractivity contribution in [2.24, 2.45) is 0 Å². The van der Waals surface area contributed by atoms with Gasteiger partial charge >= 0.3 is 0 Å². The monoisotopic (exact) mass is 215 g/mol. The lowest BCUT2D eigenvalue weighted by molar-refractivity contribution is 0.820. The molecule has 1 heterocycles. The highest BCUT2D eigenvalue weighted by molar-refractivity contribution is 5.93. The van der Waals surface area contributed by atoms with Crippen LogP contribution < -0.4 is 10.6 Å². The molecule has 0 amide bonds. The first-order chi connectivity index (χ1) is 7.86. The van der Waals surface area contributed by atoms with Gasteiger partial charge in [0.1, 0.15) is 5.82 Å². The van der Waals surface area contributed by atoms with Crippen LogP contribution in [0, 0.1) is 0 Å². The molecule has 2 aromatic rings. The second-order valence-electron chi connectivity index (χ2n) is 3.74. The van der Waals surface area contributed by atoms with Crippen LogP contribution in [0.3, 0.4) is 0 Å². The van der Waals surface area contributed by atoms with Crippen molar-refractivity contribution in [3.05, 3.63) is 36.0 Å². The van der Waals surface area contributed by atoms with E-state index in [1.807, 2.05) is 19.3 Å². The largest absolute Gasteiger partial charge is 0.370 e. The van der Waals surface area contributed by atoms with Crippen molar-refractivity contribution in [1.82, 2.24) is 10.3 Å². The zero-order chi connectivity index (χ0) is 11.4. The summed E-state index contributed by atoms with van der Waals surface area (Å²) < 4.78 is 0. The number of hydrogen-bond donors (Lipinski definition) is 2. The van der Waals surface area contributed by atoms with Gasteiger partial charge in [-0.25, -0.2) is 4.98 Å². The van der Waals surface area contributed by atoms with E-state index in [0.717, 1.165) is 18.9 Å². The van der Waals surface area contributed by atoms with Crippen LogP contribution in [0.1, 0.15) is 12.5 Å². The molecule has 84 valence electrons. The molecule has 0 aliphatic heterocycles. The van der Waals surface area contributed by atoms with Crippen LogP contribution in [0.4, 0.5) is 5.82 Å². The lowest BCUT2D eigenvalue weighted by Crippen LogP contribution is -2.07. The van der Waals surface area contributed by atoms with E-state index in [4.69, 9.17) is 0 Å². The van der Waals surface area contributed by atoms with Crippen LogP contribution in [-0.2, 0) is 6.54 Å². The van der Waals surface area contributed by atoms with E-state index in [1.165, 1.54) is 16.3 Å². The zero-order valence-electron chi connectivity index (χ0n) is 9.75. The molecule has 0 aliphatic carbocycles. The van der Waals surface area contributed by atoms with Gasteiger partial charge in [0.05, 0.1) is 0 Å². The van der Waals surface area contributed by atoms with Gasteiger partial charge in [0.25, 0.3) is 0 Å². The maximum absolute atomic E-state index is 4.46. The van der Waals surface area contributed by atoms with Crippen molar-refractivity contribution in [3.63, 3.8) is 0 Å². The Morgan fingerprint density at radius 1 is 1.19 bits per heavy atom. The van der Waals surface area contributed by atoms with E-state index in [0.29, 0.717) is 0 Å². The smallest absolute Gasteiger partial charge is 0.133 e. The Bertz CT molecular complexity index is 435. The summed E-state index contributed by atoms with van der Waals surface area (Å²) in [5, 5.41) is 8.91. The molecule has 0 aliphatic rings. The summed E-state index contributed by atoms with van der Waals surface area (Å²) in [5.74, 6) is 0.970. The highest BCUT2D eigenvalue weighted by Crippen LogP contribution is 2.24. The van der Waals surface area contributed by atoms with Gasteiger partial charge in [-0.15, -0.1) is 0 Å².